The van der Waals surface area contributed by atoms with E-state index < -0.39 is 0 Å². The minimum absolute atomic E-state index is 0. The predicted molar refractivity (Wildman–Crippen MR) is 92.5 cm³/mol. The minimum atomic E-state index is 0. The van der Waals surface area contributed by atoms with Crippen molar-refractivity contribution in [3.8, 4) is 0 Å². The Kier molecular flexibility index (Phi) is 13.9. The molecule has 1 heteroatoms. The molecule has 0 aliphatic carbocycles. The van der Waals surface area contributed by atoms with E-state index in [2.05, 4.69) is 68.5 Å². The van der Waals surface area contributed by atoms with Gasteiger partial charge in [0.2, 0.25) is 0 Å². The van der Waals surface area contributed by atoms with Crippen LogP contribution in [0.2, 0.25) is 0 Å². The van der Waals surface area contributed by atoms with Gasteiger partial charge in [-0.1, -0.05) is 64.1 Å². The third-order valence-electron chi connectivity index (χ3n) is 2.82. The normalized spacial score (nSPS) is 9.38. The van der Waals surface area contributed by atoms with E-state index in [1.807, 2.05) is 26.0 Å². The van der Waals surface area contributed by atoms with Crippen LogP contribution in [0.3, 0.4) is 0 Å². The van der Waals surface area contributed by atoms with Crippen LogP contribution in [0.15, 0.2) is 48.5 Å². The van der Waals surface area contributed by atoms with Gasteiger partial charge in [0.1, 0.15) is 0 Å². The fourth-order valence-electron chi connectivity index (χ4n) is 1.70. The Labute approximate surface area is 156 Å². The molecule has 0 aliphatic heterocycles. The van der Waals surface area contributed by atoms with E-state index >= 15 is 0 Å². The van der Waals surface area contributed by atoms with Crippen LogP contribution in [0.4, 0.5) is 0 Å². The fraction of sp³-hybridized carbons (Fsp3) is 0.250. The van der Waals surface area contributed by atoms with Gasteiger partial charge in [-0.2, -0.15) is 30.3 Å². The molecule has 21 heavy (non-hydrogen) atoms. The van der Waals surface area contributed by atoms with Crippen molar-refractivity contribution in [1.29, 1.82) is 0 Å². The Bertz CT molecular complexity index is 481. The molecule has 111 valence electrons. The molecule has 0 fully saturated rings. The van der Waals surface area contributed by atoms with Gasteiger partial charge in [0.15, 0.2) is 0 Å². The van der Waals surface area contributed by atoms with E-state index in [4.69, 9.17) is 0 Å². The third kappa shape index (κ3) is 8.34. The zero-order valence-electron chi connectivity index (χ0n) is 13.9. The molecule has 0 bridgehead atoms. The van der Waals surface area contributed by atoms with Gasteiger partial charge in [0, 0.05) is 32.7 Å². The van der Waals surface area contributed by atoms with Gasteiger partial charge in [-0.3, -0.25) is 0 Å². The second-order valence-corrected chi connectivity index (χ2v) is 4.49. The summed E-state index contributed by atoms with van der Waals surface area (Å²) in [5, 5.41) is 0. The van der Waals surface area contributed by atoms with Crippen molar-refractivity contribution in [2.24, 2.45) is 0 Å². The second kappa shape index (κ2) is 13.0. The SMILES string of the molecule is CC.CC(C)c1ccc(/C=C/c2cc[c-]cc2)cc1.[CH3-].[Y]. The molecule has 0 spiro atoms. The summed E-state index contributed by atoms with van der Waals surface area (Å²) in [6.07, 6.45) is 4.26. The summed E-state index contributed by atoms with van der Waals surface area (Å²) in [6.45, 7) is 8.43. The van der Waals surface area contributed by atoms with Crippen molar-refractivity contribution in [3.05, 3.63) is 78.7 Å². The Morgan fingerprint density at radius 2 is 1.24 bits per heavy atom. The van der Waals surface area contributed by atoms with Gasteiger partial charge in [-0.15, -0.1) is 5.56 Å². The smallest absolute Gasteiger partial charge is 0 e. The molecule has 0 nitrogen and oxygen atoms in total. The van der Waals surface area contributed by atoms with E-state index in [1.54, 1.807) is 0 Å². The standard InChI is InChI=1S/C17H17.C2H6.CH3.Y/c1-14(2)17-12-10-16(11-13-17)9-8-15-6-4-3-5-7-15;1-2;;/h4-14H,1-2H3;1-2H3;1H3;/q-1;;-1;/b9-8+;;;. The average molecular weight is 355 g/mol. The van der Waals surface area contributed by atoms with E-state index in [1.165, 1.54) is 16.7 Å². The molecule has 2 aromatic carbocycles. The summed E-state index contributed by atoms with van der Waals surface area (Å²) >= 11 is 0. The molecule has 2 rings (SSSR count). The Morgan fingerprint density at radius 3 is 1.67 bits per heavy atom. The van der Waals surface area contributed by atoms with E-state index in [9.17, 15) is 0 Å². The largest absolute Gasteiger partial charge is 0.358 e. The molecule has 0 heterocycles. The molecule has 0 saturated carbocycles. The van der Waals surface area contributed by atoms with Gasteiger partial charge in [-0.05, 0) is 17.0 Å². The third-order valence-corrected chi connectivity index (χ3v) is 2.82. The number of hydrogen-bond donors (Lipinski definition) is 0. The van der Waals surface area contributed by atoms with E-state index in [0.717, 1.165) is 0 Å². The fourth-order valence-corrected chi connectivity index (χ4v) is 1.70. The first-order valence-corrected chi connectivity index (χ1v) is 7.00. The Morgan fingerprint density at radius 1 is 0.810 bits per heavy atom. The summed E-state index contributed by atoms with van der Waals surface area (Å²) in [5.41, 5.74) is 3.83. The molecule has 0 N–H and O–H groups in total. The molecular formula is C20H26Y-2. The van der Waals surface area contributed by atoms with Crippen molar-refractivity contribution in [3.63, 3.8) is 0 Å². The minimum Gasteiger partial charge on any atom is -0.358 e. The van der Waals surface area contributed by atoms with Crippen LogP contribution >= 0.6 is 0 Å². The zero-order valence-corrected chi connectivity index (χ0v) is 16.8. The summed E-state index contributed by atoms with van der Waals surface area (Å²) in [5.74, 6) is 0.595. The van der Waals surface area contributed by atoms with Crippen molar-refractivity contribution < 1.29 is 32.7 Å². The van der Waals surface area contributed by atoms with Crippen molar-refractivity contribution in [2.45, 2.75) is 33.6 Å². The maximum absolute atomic E-state index is 3.02. The van der Waals surface area contributed by atoms with Crippen molar-refractivity contribution in [1.82, 2.24) is 0 Å². The second-order valence-electron chi connectivity index (χ2n) is 4.49. The van der Waals surface area contributed by atoms with Gasteiger partial charge in [0.25, 0.3) is 0 Å². The van der Waals surface area contributed by atoms with Crippen LogP contribution in [0.1, 0.15) is 50.3 Å². The Balaban J connectivity index is 0. The van der Waals surface area contributed by atoms with Crippen molar-refractivity contribution >= 4 is 12.2 Å². The van der Waals surface area contributed by atoms with Gasteiger partial charge < -0.3 is 7.43 Å². The molecule has 0 aliphatic rings. The van der Waals surface area contributed by atoms with Gasteiger partial charge in [-0.25, -0.2) is 0 Å². The molecule has 0 atom stereocenters. The van der Waals surface area contributed by atoms with Crippen LogP contribution in [-0.2, 0) is 32.7 Å². The summed E-state index contributed by atoms with van der Waals surface area (Å²) in [7, 11) is 0. The van der Waals surface area contributed by atoms with Crippen LogP contribution < -0.4 is 0 Å². The van der Waals surface area contributed by atoms with Crippen LogP contribution in [0.5, 0.6) is 0 Å². The monoisotopic (exact) mass is 355 g/mol. The maximum Gasteiger partial charge on any atom is 0 e. The molecule has 2 aromatic rings. The number of hydrogen-bond acceptors (Lipinski definition) is 0. The Hall–Kier alpha value is -0.716. The molecule has 0 aromatic heterocycles. The van der Waals surface area contributed by atoms with E-state index in [0.29, 0.717) is 5.92 Å². The first-order chi connectivity index (χ1) is 9.25. The molecule has 0 saturated heterocycles. The molecular weight excluding hydrogens is 329 g/mol. The maximum atomic E-state index is 3.02. The van der Waals surface area contributed by atoms with Crippen LogP contribution in [0.25, 0.3) is 12.2 Å². The topological polar surface area (TPSA) is 0 Å². The van der Waals surface area contributed by atoms with Gasteiger partial charge >= 0.3 is 0 Å². The number of benzene rings is 2. The van der Waals surface area contributed by atoms with Gasteiger partial charge in [0.05, 0.1) is 0 Å². The summed E-state index contributed by atoms with van der Waals surface area (Å²) in [4.78, 5) is 0. The summed E-state index contributed by atoms with van der Waals surface area (Å²) in [6, 6.07) is 19.7. The molecule has 1 radical (unpaired) electrons. The first kappa shape index (κ1) is 22.6. The van der Waals surface area contributed by atoms with Crippen LogP contribution in [-0.4, -0.2) is 0 Å². The quantitative estimate of drug-likeness (QED) is 0.451. The molecule has 0 unspecified atom stereocenters. The number of rotatable bonds is 3. The predicted octanol–water partition coefficient (Wildman–Crippen LogP) is 6.25. The van der Waals surface area contributed by atoms with E-state index in [-0.39, 0.29) is 40.1 Å². The average Bonchev–Trinajstić information content (AvgIpc) is 2.49. The summed E-state index contributed by atoms with van der Waals surface area (Å²) < 4.78 is 0. The first-order valence-electron chi connectivity index (χ1n) is 7.00. The van der Waals surface area contributed by atoms with Crippen LogP contribution in [0, 0.1) is 13.5 Å². The van der Waals surface area contributed by atoms with Crippen molar-refractivity contribution in [2.75, 3.05) is 0 Å². The molecule has 0 amide bonds. The zero-order chi connectivity index (χ0) is 14.1.